The highest BCUT2D eigenvalue weighted by Gasteiger charge is 2.20. The molecule has 0 atom stereocenters. The molecule has 0 unspecified atom stereocenters. The van der Waals surface area contributed by atoms with Crippen LogP contribution in [0.5, 0.6) is 0 Å². The molecule has 3 nitrogen and oxygen atoms in total. The third-order valence-electron chi connectivity index (χ3n) is 4.19. The fourth-order valence-corrected chi connectivity index (χ4v) is 3.26. The Labute approximate surface area is 138 Å². The lowest BCUT2D eigenvalue weighted by Gasteiger charge is -2.06. The van der Waals surface area contributed by atoms with Crippen LogP contribution in [0.25, 0.3) is 22.6 Å². The lowest BCUT2D eigenvalue weighted by atomic mass is 10.1. The molecular weight excluding hydrogens is 308 g/mol. The van der Waals surface area contributed by atoms with E-state index in [1.165, 1.54) is 5.56 Å². The summed E-state index contributed by atoms with van der Waals surface area (Å²) in [5, 5.41) is 1.14. The number of benzene rings is 2. The first kappa shape index (κ1) is 14.2. The van der Waals surface area contributed by atoms with E-state index >= 15 is 0 Å². The molecule has 1 aliphatic heterocycles. The van der Waals surface area contributed by atoms with Crippen molar-refractivity contribution in [1.82, 2.24) is 9.55 Å². The molecule has 0 fully saturated rings. The second kappa shape index (κ2) is 5.36. The minimum Gasteiger partial charge on any atom is -0.292 e. The quantitative estimate of drug-likeness (QED) is 0.669. The Morgan fingerprint density at radius 3 is 2.91 bits per heavy atom. The topological polar surface area (TPSA) is 34.9 Å². The van der Waals surface area contributed by atoms with Crippen LogP contribution in [0.15, 0.2) is 47.3 Å². The first-order valence-electron chi connectivity index (χ1n) is 7.59. The van der Waals surface area contributed by atoms with Gasteiger partial charge in [-0.15, -0.1) is 0 Å². The fourth-order valence-electron chi connectivity index (χ4n) is 3.09. The van der Waals surface area contributed by atoms with Crippen molar-refractivity contribution in [1.29, 1.82) is 0 Å². The van der Waals surface area contributed by atoms with Gasteiger partial charge in [0.25, 0.3) is 5.56 Å². The Morgan fingerprint density at radius 1 is 1.22 bits per heavy atom. The Morgan fingerprint density at radius 2 is 2.09 bits per heavy atom. The molecule has 114 valence electrons. The number of aryl methyl sites for hydroxylation is 1. The van der Waals surface area contributed by atoms with E-state index in [4.69, 9.17) is 16.6 Å². The van der Waals surface area contributed by atoms with E-state index in [0.717, 1.165) is 23.4 Å². The standard InChI is InChI=1S/C19H15ClN2O/c1-12-3-2-4-13(9-12)10-14-7-8-22-18(14)21-17-6-5-15(20)11-16(17)19(22)23/h2-6,9-11H,7-8H2,1H3. The summed E-state index contributed by atoms with van der Waals surface area (Å²) in [4.78, 5) is 17.4. The van der Waals surface area contributed by atoms with Crippen LogP contribution in [0.2, 0.25) is 5.02 Å². The normalized spacial score (nSPS) is 15.3. The summed E-state index contributed by atoms with van der Waals surface area (Å²) in [5.74, 6) is 0.770. The number of fused-ring (bicyclic) bond motifs is 2. The molecule has 0 spiro atoms. The van der Waals surface area contributed by atoms with Gasteiger partial charge in [-0.3, -0.25) is 9.36 Å². The first-order valence-corrected chi connectivity index (χ1v) is 7.97. The molecule has 23 heavy (non-hydrogen) atoms. The third kappa shape index (κ3) is 2.47. The van der Waals surface area contributed by atoms with Crippen molar-refractivity contribution >= 4 is 34.2 Å². The van der Waals surface area contributed by atoms with Crippen molar-refractivity contribution in [2.75, 3.05) is 0 Å². The van der Waals surface area contributed by atoms with Crippen molar-refractivity contribution in [3.63, 3.8) is 0 Å². The van der Waals surface area contributed by atoms with Crippen molar-refractivity contribution in [3.05, 3.63) is 74.8 Å². The number of allylic oxidation sites excluding steroid dienone is 1. The molecule has 4 heteroatoms. The summed E-state index contributed by atoms with van der Waals surface area (Å²) >= 11 is 6.01. The lowest BCUT2D eigenvalue weighted by Crippen LogP contribution is -2.20. The maximum Gasteiger partial charge on any atom is 0.261 e. The van der Waals surface area contributed by atoms with E-state index in [-0.39, 0.29) is 5.56 Å². The number of rotatable bonds is 1. The second-order valence-electron chi connectivity index (χ2n) is 5.89. The van der Waals surface area contributed by atoms with Gasteiger partial charge in [0.15, 0.2) is 0 Å². The summed E-state index contributed by atoms with van der Waals surface area (Å²) < 4.78 is 1.75. The molecule has 2 heterocycles. The highest BCUT2D eigenvalue weighted by Crippen LogP contribution is 2.28. The van der Waals surface area contributed by atoms with Crippen LogP contribution in [0.3, 0.4) is 0 Å². The number of hydrogen-bond acceptors (Lipinski definition) is 2. The van der Waals surface area contributed by atoms with Crippen molar-refractivity contribution in [3.8, 4) is 0 Å². The van der Waals surface area contributed by atoms with Gasteiger partial charge in [0.2, 0.25) is 0 Å². The predicted octanol–water partition coefficient (Wildman–Crippen LogP) is 4.30. The van der Waals surface area contributed by atoms with Gasteiger partial charge < -0.3 is 0 Å². The number of aromatic nitrogens is 2. The predicted molar refractivity (Wildman–Crippen MR) is 94.7 cm³/mol. The first-order chi connectivity index (χ1) is 11.1. The zero-order valence-corrected chi connectivity index (χ0v) is 13.5. The lowest BCUT2D eigenvalue weighted by molar-refractivity contribution is 0.725. The van der Waals surface area contributed by atoms with Crippen molar-refractivity contribution in [2.24, 2.45) is 0 Å². The van der Waals surface area contributed by atoms with E-state index < -0.39 is 0 Å². The maximum atomic E-state index is 12.7. The summed E-state index contributed by atoms with van der Waals surface area (Å²) in [6.45, 7) is 2.74. The molecule has 2 aromatic carbocycles. The largest absolute Gasteiger partial charge is 0.292 e. The van der Waals surface area contributed by atoms with E-state index in [1.54, 1.807) is 16.7 Å². The molecular formula is C19H15ClN2O. The van der Waals surface area contributed by atoms with Gasteiger partial charge in [-0.1, -0.05) is 41.4 Å². The molecule has 0 N–H and O–H groups in total. The van der Waals surface area contributed by atoms with Crippen molar-refractivity contribution in [2.45, 2.75) is 19.9 Å². The molecule has 0 radical (unpaired) electrons. The van der Waals surface area contributed by atoms with Gasteiger partial charge in [-0.2, -0.15) is 0 Å². The molecule has 3 aromatic rings. The van der Waals surface area contributed by atoms with Crippen LogP contribution in [0, 0.1) is 6.92 Å². The van der Waals surface area contributed by atoms with Gasteiger partial charge in [0.1, 0.15) is 5.82 Å². The van der Waals surface area contributed by atoms with E-state index in [0.29, 0.717) is 22.5 Å². The zero-order valence-electron chi connectivity index (χ0n) is 12.7. The Balaban J connectivity index is 1.90. The van der Waals surface area contributed by atoms with Gasteiger partial charge in [0, 0.05) is 11.6 Å². The number of nitrogens with zero attached hydrogens (tertiary/aromatic N) is 2. The van der Waals surface area contributed by atoms with Crippen LogP contribution in [0.1, 0.15) is 23.4 Å². The zero-order chi connectivity index (χ0) is 16.0. The molecule has 0 saturated carbocycles. The van der Waals surface area contributed by atoms with Crippen LogP contribution in [-0.4, -0.2) is 9.55 Å². The second-order valence-corrected chi connectivity index (χ2v) is 6.32. The van der Waals surface area contributed by atoms with E-state index in [2.05, 4.69) is 31.2 Å². The number of halogens is 1. The van der Waals surface area contributed by atoms with E-state index in [9.17, 15) is 4.79 Å². The van der Waals surface area contributed by atoms with Gasteiger partial charge in [0.05, 0.1) is 10.9 Å². The third-order valence-corrected chi connectivity index (χ3v) is 4.43. The smallest absolute Gasteiger partial charge is 0.261 e. The highest BCUT2D eigenvalue weighted by atomic mass is 35.5. The maximum absolute atomic E-state index is 12.7. The van der Waals surface area contributed by atoms with Gasteiger partial charge in [-0.25, -0.2) is 4.98 Å². The van der Waals surface area contributed by atoms with Crippen molar-refractivity contribution < 1.29 is 0 Å². The van der Waals surface area contributed by atoms with Crippen LogP contribution < -0.4 is 5.56 Å². The summed E-state index contributed by atoms with van der Waals surface area (Å²) in [7, 11) is 0. The van der Waals surface area contributed by atoms with Crippen LogP contribution in [-0.2, 0) is 6.54 Å². The Bertz CT molecular complexity index is 1020. The van der Waals surface area contributed by atoms with Gasteiger partial charge in [-0.05, 0) is 48.8 Å². The van der Waals surface area contributed by atoms with Crippen LogP contribution in [0.4, 0.5) is 0 Å². The van der Waals surface area contributed by atoms with Gasteiger partial charge >= 0.3 is 0 Å². The fraction of sp³-hybridized carbons (Fsp3) is 0.158. The van der Waals surface area contributed by atoms with Crippen LogP contribution >= 0.6 is 11.6 Å². The molecule has 1 aromatic heterocycles. The summed E-state index contributed by atoms with van der Waals surface area (Å²) in [5.41, 5.74) is 4.14. The highest BCUT2D eigenvalue weighted by molar-refractivity contribution is 6.31. The van der Waals surface area contributed by atoms with E-state index in [1.807, 2.05) is 12.1 Å². The monoisotopic (exact) mass is 322 g/mol. The molecule has 4 rings (SSSR count). The molecule has 0 aliphatic carbocycles. The summed E-state index contributed by atoms with van der Waals surface area (Å²) in [6.07, 6.45) is 2.94. The average Bonchev–Trinajstić information content (AvgIpc) is 2.92. The molecule has 0 bridgehead atoms. The number of hydrogen-bond donors (Lipinski definition) is 0. The minimum absolute atomic E-state index is 0.0138. The molecule has 1 aliphatic rings. The SMILES string of the molecule is Cc1cccc(C=C2CCn3c2nc2ccc(Cl)cc2c3=O)c1. The minimum atomic E-state index is -0.0138. The Kier molecular flexibility index (Phi) is 3.31. The summed E-state index contributed by atoms with van der Waals surface area (Å²) in [6, 6.07) is 13.6. The molecule has 0 amide bonds. The Hall–Kier alpha value is -2.39. The molecule has 0 saturated heterocycles. The average molecular weight is 323 g/mol.